The van der Waals surface area contributed by atoms with Crippen LogP contribution in [0, 0.1) is 6.92 Å². The molecule has 5 heteroatoms. The molecule has 3 rings (SSSR count). The minimum absolute atomic E-state index is 0.112. The van der Waals surface area contributed by atoms with E-state index in [0.29, 0.717) is 5.75 Å². The highest BCUT2D eigenvalue weighted by molar-refractivity contribution is 8.00. The topological polar surface area (TPSA) is 35.6 Å². The van der Waals surface area contributed by atoms with Gasteiger partial charge in [-0.05, 0) is 30.7 Å². The first kappa shape index (κ1) is 18.8. The lowest BCUT2D eigenvalue weighted by Gasteiger charge is -2.36. The maximum absolute atomic E-state index is 12.0. The van der Waals surface area contributed by atoms with E-state index in [0.717, 1.165) is 39.3 Å². The van der Waals surface area contributed by atoms with E-state index in [9.17, 15) is 4.79 Å². The van der Waals surface area contributed by atoms with Crippen molar-refractivity contribution in [2.75, 3.05) is 49.9 Å². The summed E-state index contributed by atoms with van der Waals surface area (Å²) in [6.45, 7) is 7.89. The molecule has 1 heterocycles. The highest BCUT2D eigenvalue weighted by atomic mass is 32.2. The summed E-state index contributed by atoms with van der Waals surface area (Å²) in [5.41, 5.74) is 2.52. The Kier molecular flexibility index (Phi) is 6.97. The Morgan fingerprint density at radius 1 is 1.00 bits per heavy atom. The van der Waals surface area contributed by atoms with Gasteiger partial charge in [0.2, 0.25) is 5.91 Å². The van der Waals surface area contributed by atoms with Gasteiger partial charge in [-0.25, -0.2) is 0 Å². The van der Waals surface area contributed by atoms with Crippen LogP contribution in [-0.2, 0) is 4.79 Å². The number of para-hydroxylation sites is 1. The lowest BCUT2D eigenvalue weighted by Crippen LogP contribution is -2.48. The van der Waals surface area contributed by atoms with Crippen molar-refractivity contribution in [1.29, 1.82) is 0 Å². The number of benzene rings is 2. The molecule has 2 aromatic carbocycles. The molecule has 1 aliphatic heterocycles. The fourth-order valence-electron chi connectivity index (χ4n) is 3.13. The predicted octanol–water partition coefficient (Wildman–Crippen LogP) is 3.03. The van der Waals surface area contributed by atoms with Gasteiger partial charge < -0.3 is 10.2 Å². The van der Waals surface area contributed by atoms with Crippen LogP contribution in [0.2, 0.25) is 0 Å². The van der Waals surface area contributed by atoms with Crippen LogP contribution < -0.4 is 10.2 Å². The molecule has 0 atom stereocenters. The van der Waals surface area contributed by atoms with E-state index in [-0.39, 0.29) is 5.91 Å². The molecular weight excluding hydrogens is 342 g/mol. The van der Waals surface area contributed by atoms with Gasteiger partial charge in [-0.3, -0.25) is 9.69 Å². The first-order chi connectivity index (χ1) is 12.7. The Morgan fingerprint density at radius 3 is 2.42 bits per heavy atom. The van der Waals surface area contributed by atoms with Crippen molar-refractivity contribution < 1.29 is 4.79 Å². The lowest BCUT2D eigenvalue weighted by molar-refractivity contribution is -0.118. The van der Waals surface area contributed by atoms with Gasteiger partial charge in [-0.1, -0.05) is 36.4 Å². The second-order valence-corrected chi connectivity index (χ2v) is 7.59. The zero-order chi connectivity index (χ0) is 18.2. The van der Waals surface area contributed by atoms with Gasteiger partial charge >= 0.3 is 0 Å². The smallest absolute Gasteiger partial charge is 0.230 e. The number of nitrogens with one attached hydrogen (secondary N) is 1. The molecule has 1 amide bonds. The number of carbonyl (C=O) groups is 1. The molecule has 0 spiro atoms. The van der Waals surface area contributed by atoms with Gasteiger partial charge in [0.15, 0.2) is 0 Å². The van der Waals surface area contributed by atoms with Crippen LogP contribution in [0.1, 0.15) is 5.56 Å². The van der Waals surface area contributed by atoms with Crippen molar-refractivity contribution in [3.05, 3.63) is 60.2 Å². The van der Waals surface area contributed by atoms with E-state index in [4.69, 9.17) is 0 Å². The Balaban J connectivity index is 1.32. The van der Waals surface area contributed by atoms with Crippen molar-refractivity contribution in [2.24, 2.45) is 0 Å². The molecule has 0 aliphatic carbocycles. The average molecular weight is 370 g/mol. The molecule has 1 aliphatic rings. The number of hydrogen-bond acceptors (Lipinski definition) is 4. The molecule has 0 saturated carbocycles. The Hall–Kier alpha value is -1.98. The summed E-state index contributed by atoms with van der Waals surface area (Å²) in [5.74, 6) is 0.591. The summed E-state index contributed by atoms with van der Waals surface area (Å²) in [6.07, 6.45) is 0. The predicted molar refractivity (Wildman–Crippen MR) is 110 cm³/mol. The minimum Gasteiger partial charge on any atom is -0.369 e. The van der Waals surface area contributed by atoms with Crippen LogP contribution in [0.4, 0.5) is 5.69 Å². The second-order valence-electron chi connectivity index (χ2n) is 6.57. The van der Waals surface area contributed by atoms with Crippen LogP contribution in [-0.4, -0.2) is 55.8 Å². The van der Waals surface area contributed by atoms with Crippen molar-refractivity contribution in [3.8, 4) is 0 Å². The Labute approximate surface area is 160 Å². The maximum Gasteiger partial charge on any atom is 0.230 e. The number of amides is 1. The van der Waals surface area contributed by atoms with Crippen molar-refractivity contribution in [3.63, 3.8) is 0 Å². The Morgan fingerprint density at radius 2 is 1.69 bits per heavy atom. The first-order valence-corrected chi connectivity index (χ1v) is 10.2. The summed E-state index contributed by atoms with van der Waals surface area (Å²) in [6, 6.07) is 18.8. The third-order valence-electron chi connectivity index (χ3n) is 4.70. The van der Waals surface area contributed by atoms with E-state index in [1.165, 1.54) is 16.1 Å². The van der Waals surface area contributed by atoms with E-state index >= 15 is 0 Å². The molecular formula is C21H27N3OS. The fraction of sp³-hybridized carbons (Fsp3) is 0.381. The number of hydrogen-bond donors (Lipinski definition) is 1. The average Bonchev–Trinajstić information content (AvgIpc) is 2.69. The summed E-state index contributed by atoms with van der Waals surface area (Å²) in [5, 5.41) is 3.05. The summed E-state index contributed by atoms with van der Waals surface area (Å²) >= 11 is 1.61. The van der Waals surface area contributed by atoms with E-state index < -0.39 is 0 Å². The monoisotopic (exact) mass is 369 g/mol. The number of piperazine rings is 1. The van der Waals surface area contributed by atoms with E-state index in [1.54, 1.807) is 11.8 Å². The van der Waals surface area contributed by atoms with Gasteiger partial charge in [0.25, 0.3) is 0 Å². The standard InChI is InChI=1S/C21H27N3OS/c1-18-7-5-6-10-20(18)26-17-21(25)22-11-12-23-13-15-24(16-14-23)19-8-3-2-4-9-19/h2-10H,11-17H2,1H3,(H,22,25). The molecule has 0 unspecified atom stereocenters. The molecule has 2 aromatic rings. The van der Waals surface area contributed by atoms with Crippen LogP contribution >= 0.6 is 11.8 Å². The van der Waals surface area contributed by atoms with Gasteiger partial charge in [-0.15, -0.1) is 11.8 Å². The van der Waals surface area contributed by atoms with Gasteiger partial charge in [0.05, 0.1) is 5.75 Å². The van der Waals surface area contributed by atoms with Crippen molar-refractivity contribution >= 4 is 23.4 Å². The third kappa shape index (κ3) is 5.51. The highest BCUT2D eigenvalue weighted by Gasteiger charge is 2.16. The van der Waals surface area contributed by atoms with Crippen LogP contribution in [0.25, 0.3) is 0 Å². The molecule has 26 heavy (non-hydrogen) atoms. The maximum atomic E-state index is 12.0. The molecule has 0 bridgehead atoms. The molecule has 1 saturated heterocycles. The zero-order valence-corrected chi connectivity index (χ0v) is 16.2. The first-order valence-electron chi connectivity index (χ1n) is 9.20. The quantitative estimate of drug-likeness (QED) is 0.761. The number of nitrogens with zero attached hydrogens (tertiary/aromatic N) is 2. The van der Waals surface area contributed by atoms with E-state index in [1.807, 2.05) is 12.1 Å². The number of aryl methyl sites for hydroxylation is 1. The van der Waals surface area contributed by atoms with Gasteiger partial charge in [-0.2, -0.15) is 0 Å². The lowest BCUT2D eigenvalue weighted by atomic mass is 10.2. The molecule has 0 aromatic heterocycles. The minimum atomic E-state index is 0.112. The summed E-state index contributed by atoms with van der Waals surface area (Å²) < 4.78 is 0. The summed E-state index contributed by atoms with van der Waals surface area (Å²) in [7, 11) is 0. The van der Waals surface area contributed by atoms with Crippen molar-refractivity contribution in [1.82, 2.24) is 10.2 Å². The molecule has 0 radical (unpaired) electrons. The van der Waals surface area contributed by atoms with Gasteiger partial charge in [0, 0.05) is 49.9 Å². The molecule has 1 fully saturated rings. The number of thioether (sulfide) groups is 1. The molecule has 138 valence electrons. The van der Waals surface area contributed by atoms with Crippen LogP contribution in [0.15, 0.2) is 59.5 Å². The second kappa shape index (κ2) is 9.64. The normalized spacial score (nSPS) is 15.0. The highest BCUT2D eigenvalue weighted by Crippen LogP contribution is 2.21. The number of rotatable bonds is 7. The summed E-state index contributed by atoms with van der Waals surface area (Å²) in [4.78, 5) is 18.1. The largest absolute Gasteiger partial charge is 0.369 e. The molecule has 4 nitrogen and oxygen atoms in total. The third-order valence-corrected chi connectivity index (χ3v) is 5.87. The fourth-order valence-corrected chi connectivity index (χ4v) is 3.99. The SMILES string of the molecule is Cc1ccccc1SCC(=O)NCCN1CCN(c2ccccc2)CC1. The van der Waals surface area contributed by atoms with Crippen LogP contribution in [0.5, 0.6) is 0 Å². The zero-order valence-electron chi connectivity index (χ0n) is 15.4. The van der Waals surface area contributed by atoms with Crippen LogP contribution in [0.3, 0.4) is 0 Å². The van der Waals surface area contributed by atoms with Crippen molar-refractivity contribution in [2.45, 2.75) is 11.8 Å². The Bertz CT molecular complexity index is 699. The van der Waals surface area contributed by atoms with E-state index in [2.05, 4.69) is 64.5 Å². The number of carbonyl (C=O) groups excluding carboxylic acids is 1. The van der Waals surface area contributed by atoms with Gasteiger partial charge in [0.1, 0.15) is 0 Å². The number of anilines is 1. The molecule has 1 N–H and O–H groups in total.